The van der Waals surface area contributed by atoms with Crippen molar-refractivity contribution in [2.75, 3.05) is 11.5 Å². The van der Waals surface area contributed by atoms with Gasteiger partial charge in [0.2, 0.25) is 0 Å². The predicted octanol–water partition coefficient (Wildman–Crippen LogP) is 3.69. The van der Waals surface area contributed by atoms with Crippen molar-refractivity contribution in [1.29, 1.82) is 0 Å². The number of hydrogen-bond acceptors (Lipinski definition) is 2. The summed E-state index contributed by atoms with van der Waals surface area (Å²) in [4.78, 5) is 0.0739. The van der Waals surface area contributed by atoms with E-state index < -0.39 is 11.6 Å². The molecule has 0 fully saturated rings. The molecule has 4 heteroatoms. The van der Waals surface area contributed by atoms with Gasteiger partial charge in [-0.15, -0.1) is 11.8 Å². The second kappa shape index (κ2) is 5.35. The van der Waals surface area contributed by atoms with Crippen molar-refractivity contribution in [2.45, 2.75) is 25.2 Å². The molecule has 0 radical (unpaired) electrons. The third-order valence-corrected chi connectivity index (χ3v) is 3.08. The van der Waals surface area contributed by atoms with Crippen molar-refractivity contribution in [3.05, 3.63) is 23.8 Å². The van der Waals surface area contributed by atoms with Gasteiger partial charge in [-0.05, 0) is 30.2 Å². The van der Waals surface area contributed by atoms with E-state index in [0.717, 1.165) is 24.3 Å². The zero-order valence-corrected chi connectivity index (χ0v) is 9.70. The molecule has 0 aliphatic heterocycles. The van der Waals surface area contributed by atoms with Gasteiger partial charge >= 0.3 is 0 Å². The van der Waals surface area contributed by atoms with Gasteiger partial charge in [0.25, 0.3) is 0 Å². The van der Waals surface area contributed by atoms with Crippen LogP contribution in [0.4, 0.5) is 14.5 Å². The summed E-state index contributed by atoms with van der Waals surface area (Å²) >= 11 is 1.21. The lowest BCUT2D eigenvalue weighted by Crippen LogP contribution is -1.95. The topological polar surface area (TPSA) is 26.0 Å². The average Bonchev–Trinajstić information content (AvgIpc) is 2.08. The minimum Gasteiger partial charge on any atom is -0.399 e. The quantitative estimate of drug-likeness (QED) is 0.632. The first kappa shape index (κ1) is 12.3. The Labute approximate surface area is 93.1 Å². The number of rotatable bonds is 4. The van der Waals surface area contributed by atoms with E-state index in [1.54, 1.807) is 0 Å². The molecule has 0 aromatic heterocycles. The van der Waals surface area contributed by atoms with Crippen molar-refractivity contribution >= 4 is 17.4 Å². The molecule has 0 aliphatic rings. The van der Waals surface area contributed by atoms with Crippen LogP contribution in [0.3, 0.4) is 0 Å². The highest BCUT2D eigenvalue weighted by molar-refractivity contribution is 7.99. The van der Waals surface area contributed by atoms with Gasteiger partial charge in [-0.2, -0.15) is 0 Å². The lowest BCUT2D eigenvalue weighted by atomic mass is 10.2. The van der Waals surface area contributed by atoms with Crippen molar-refractivity contribution in [3.8, 4) is 0 Å². The Balaban J connectivity index is 2.68. The van der Waals surface area contributed by atoms with E-state index in [4.69, 9.17) is 5.73 Å². The molecular formula is C11H15F2NS. The van der Waals surface area contributed by atoms with Crippen LogP contribution in [0.15, 0.2) is 17.0 Å². The number of anilines is 1. The summed E-state index contributed by atoms with van der Waals surface area (Å²) in [6.45, 7) is 4.16. The molecule has 2 N–H and O–H groups in total. The molecular weight excluding hydrogens is 216 g/mol. The molecule has 0 atom stereocenters. The fraction of sp³-hybridized carbons (Fsp3) is 0.455. The maximum Gasteiger partial charge on any atom is 0.141 e. The normalized spacial score (nSPS) is 11.0. The van der Waals surface area contributed by atoms with E-state index in [-0.39, 0.29) is 10.6 Å². The molecule has 1 nitrogen and oxygen atoms in total. The zero-order chi connectivity index (χ0) is 11.4. The number of nitrogen functional groups attached to an aromatic ring is 1. The first-order valence-corrected chi connectivity index (χ1v) is 5.86. The van der Waals surface area contributed by atoms with Gasteiger partial charge in [-0.25, -0.2) is 8.78 Å². The molecule has 0 aliphatic carbocycles. The number of hydrogen-bond donors (Lipinski definition) is 1. The first-order valence-electron chi connectivity index (χ1n) is 4.88. The van der Waals surface area contributed by atoms with E-state index in [1.165, 1.54) is 11.8 Å². The second-order valence-corrected chi connectivity index (χ2v) is 4.95. The smallest absolute Gasteiger partial charge is 0.141 e. The standard InChI is InChI=1S/C11H15F2NS/c1-7(2)3-4-15-11-9(12)5-8(14)6-10(11)13/h5-7H,3-4,14H2,1-2H3. The SMILES string of the molecule is CC(C)CCSc1c(F)cc(N)cc1F. The second-order valence-electron chi connectivity index (χ2n) is 3.84. The molecule has 0 heterocycles. The average molecular weight is 231 g/mol. The number of nitrogens with two attached hydrogens (primary N) is 1. The van der Waals surface area contributed by atoms with Crippen molar-refractivity contribution < 1.29 is 8.78 Å². The molecule has 15 heavy (non-hydrogen) atoms. The summed E-state index contributed by atoms with van der Waals surface area (Å²) in [5.41, 5.74) is 5.44. The Morgan fingerprint density at radius 3 is 2.27 bits per heavy atom. The van der Waals surface area contributed by atoms with E-state index in [9.17, 15) is 8.78 Å². The van der Waals surface area contributed by atoms with Gasteiger partial charge in [0.1, 0.15) is 11.6 Å². The van der Waals surface area contributed by atoms with E-state index in [0.29, 0.717) is 5.92 Å². The molecule has 0 saturated carbocycles. The summed E-state index contributed by atoms with van der Waals surface area (Å²) in [5, 5.41) is 0. The zero-order valence-electron chi connectivity index (χ0n) is 8.89. The molecule has 0 spiro atoms. The number of thioether (sulfide) groups is 1. The van der Waals surface area contributed by atoms with Crippen molar-refractivity contribution in [2.24, 2.45) is 5.92 Å². The summed E-state index contributed by atoms with van der Waals surface area (Å²) in [7, 11) is 0. The highest BCUT2D eigenvalue weighted by atomic mass is 32.2. The molecule has 0 bridgehead atoms. The molecule has 84 valence electrons. The highest BCUT2D eigenvalue weighted by Gasteiger charge is 2.10. The number of halogens is 2. The molecule has 1 aromatic carbocycles. The molecule has 1 rings (SSSR count). The van der Waals surface area contributed by atoms with Gasteiger partial charge in [0, 0.05) is 5.69 Å². The predicted molar refractivity (Wildman–Crippen MR) is 60.9 cm³/mol. The first-order chi connectivity index (χ1) is 7.00. The summed E-state index contributed by atoms with van der Waals surface area (Å²) in [6.07, 6.45) is 0.938. The van der Waals surface area contributed by atoms with Gasteiger partial charge in [-0.3, -0.25) is 0 Å². The monoisotopic (exact) mass is 231 g/mol. The Kier molecular flexibility index (Phi) is 4.39. The van der Waals surface area contributed by atoms with Crippen LogP contribution in [0.25, 0.3) is 0 Å². The lowest BCUT2D eigenvalue weighted by molar-refractivity contribution is 0.541. The van der Waals surface area contributed by atoms with Gasteiger partial charge < -0.3 is 5.73 Å². The van der Waals surface area contributed by atoms with Crippen LogP contribution < -0.4 is 5.73 Å². The van der Waals surface area contributed by atoms with Crippen LogP contribution in [0.5, 0.6) is 0 Å². The Hall–Kier alpha value is -0.770. The fourth-order valence-electron chi connectivity index (χ4n) is 1.11. The maximum atomic E-state index is 13.3. The molecule has 0 amide bonds. The van der Waals surface area contributed by atoms with Crippen molar-refractivity contribution in [3.63, 3.8) is 0 Å². The molecule has 1 aromatic rings. The Bertz CT molecular complexity index is 316. The minimum absolute atomic E-state index is 0.0739. The summed E-state index contributed by atoms with van der Waals surface area (Å²) < 4.78 is 26.6. The van der Waals surface area contributed by atoms with Gasteiger partial charge in [0.15, 0.2) is 0 Å². The maximum absolute atomic E-state index is 13.3. The van der Waals surface area contributed by atoms with E-state index in [1.807, 2.05) is 0 Å². The van der Waals surface area contributed by atoms with Crippen LogP contribution in [0, 0.1) is 17.6 Å². The van der Waals surface area contributed by atoms with E-state index in [2.05, 4.69) is 13.8 Å². The highest BCUT2D eigenvalue weighted by Crippen LogP contribution is 2.28. The Morgan fingerprint density at radius 1 is 1.27 bits per heavy atom. The third-order valence-electron chi connectivity index (χ3n) is 1.96. The third kappa shape index (κ3) is 3.70. The fourth-order valence-corrected chi connectivity index (χ4v) is 2.30. The minimum atomic E-state index is -0.568. The van der Waals surface area contributed by atoms with Crippen LogP contribution >= 0.6 is 11.8 Å². The van der Waals surface area contributed by atoms with Crippen LogP contribution in [0.2, 0.25) is 0 Å². The summed E-state index contributed by atoms with van der Waals surface area (Å²) in [5.74, 6) is 0.120. The van der Waals surface area contributed by atoms with Crippen LogP contribution in [-0.4, -0.2) is 5.75 Å². The van der Waals surface area contributed by atoms with E-state index >= 15 is 0 Å². The molecule has 0 saturated heterocycles. The Morgan fingerprint density at radius 2 is 1.80 bits per heavy atom. The van der Waals surface area contributed by atoms with Crippen LogP contribution in [-0.2, 0) is 0 Å². The van der Waals surface area contributed by atoms with Crippen LogP contribution in [0.1, 0.15) is 20.3 Å². The lowest BCUT2D eigenvalue weighted by Gasteiger charge is -2.07. The summed E-state index contributed by atoms with van der Waals surface area (Å²) in [6, 6.07) is 2.31. The number of benzene rings is 1. The van der Waals surface area contributed by atoms with Crippen molar-refractivity contribution in [1.82, 2.24) is 0 Å². The van der Waals surface area contributed by atoms with Gasteiger partial charge in [0.05, 0.1) is 4.90 Å². The largest absolute Gasteiger partial charge is 0.399 e. The van der Waals surface area contributed by atoms with Gasteiger partial charge in [-0.1, -0.05) is 13.8 Å². The molecule has 0 unspecified atom stereocenters.